The van der Waals surface area contributed by atoms with Gasteiger partial charge in [0.25, 0.3) is 0 Å². The van der Waals surface area contributed by atoms with Crippen molar-refractivity contribution in [2.75, 3.05) is 0 Å². The number of aryl methyl sites for hydroxylation is 1. The second-order valence-corrected chi connectivity index (χ2v) is 5.66. The molecule has 1 aliphatic carbocycles. The maximum atomic E-state index is 4.80. The standard InChI is InChI=1S/C15H21N3/c1-10(2)16-9-11-4-7-14-13(8-11)17-15(18(14)3)12-5-6-12/h4,7-8,10,12,16H,5-6,9H2,1-3H3. The summed E-state index contributed by atoms with van der Waals surface area (Å²) < 4.78 is 2.26. The van der Waals surface area contributed by atoms with Crippen LogP contribution < -0.4 is 5.32 Å². The van der Waals surface area contributed by atoms with Gasteiger partial charge in [-0.2, -0.15) is 0 Å². The highest BCUT2D eigenvalue weighted by atomic mass is 15.1. The van der Waals surface area contributed by atoms with Crippen LogP contribution in [0, 0.1) is 0 Å². The molecule has 1 N–H and O–H groups in total. The van der Waals surface area contributed by atoms with Crippen LogP contribution in [0.3, 0.4) is 0 Å². The van der Waals surface area contributed by atoms with Gasteiger partial charge in [0.2, 0.25) is 0 Å². The summed E-state index contributed by atoms with van der Waals surface area (Å²) >= 11 is 0. The van der Waals surface area contributed by atoms with E-state index in [1.54, 1.807) is 0 Å². The van der Waals surface area contributed by atoms with E-state index in [9.17, 15) is 0 Å². The van der Waals surface area contributed by atoms with Gasteiger partial charge in [-0.25, -0.2) is 4.98 Å². The molecule has 0 amide bonds. The largest absolute Gasteiger partial charge is 0.331 e. The zero-order valence-corrected chi connectivity index (χ0v) is 11.4. The zero-order chi connectivity index (χ0) is 12.7. The highest BCUT2D eigenvalue weighted by Gasteiger charge is 2.28. The van der Waals surface area contributed by atoms with Crippen LogP contribution in [0.25, 0.3) is 11.0 Å². The Hall–Kier alpha value is -1.35. The monoisotopic (exact) mass is 243 g/mol. The minimum absolute atomic E-state index is 0.520. The summed E-state index contributed by atoms with van der Waals surface area (Å²) in [6.07, 6.45) is 2.61. The second kappa shape index (κ2) is 4.39. The molecule has 1 saturated carbocycles. The first-order valence-electron chi connectivity index (χ1n) is 6.84. The molecule has 1 aliphatic rings. The Bertz CT molecular complexity index is 564. The van der Waals surface area contributed by atoms with E-state index in [0.717, 1.165) is 12.1 Å². The van der Waals surface area contributed by atoms with Crippen molar-refractivity contribution in [2.45, 2.75) is 45.2 Å². The Morgan fingerprint density at radius 2 is 2.17 bits per heavy atom. The Morgan fingerprint density at radius 3 is 2.83 bits per heavy atom. The van der Waals surface area contributed by atoms with Crippen molar-refractivity contribution in [2.24, 2.45) is 7.05 Å². The molecule has 96 valence electrons. The van der Waals surface area contributed by atoms with E-state index in [0.29, 0.717) is 12.0 Å². The lowest BCUT2D eigenvalue weighted by atomic mass is 10.2. The van der Waals surface area contributed by atoms with Crippen molar-refractivity contribution in [1.82, 2.24) is 14.9 Å². The minimum atomic E-state index is 0.520. The molecule has 0 bridgehead atoms. The number of nitrogens with zero attached hydrogens (tertiary/aromatic N) is 2. The third-order valence-corrected chi connectivity index (χ3v) is 3.64. The fourth-order valence-electron chi connectivity index (χ4n) is 2.40. The summed E-state index contributed by atoms with van der Waals surface area (Å²) in [5, 5.41) is 3.45. The van der Waals surface area contributed by atoms with Gasteiger partial charge in [0.15, 0.2) is 0 Å². The van der Waals surface area contributed by atoms with E-state index in [2.05, 4.69) is 49.0 Å². The molecule has 2 aromatic rings. The van der Waals surface area contributed by atoms with Crippen LogP contribution in [0.2, 0.25) is 0 Å². The van der Waals surface area contributed by atoms with Crippen LogP contribution in [0.1, 0.15) is 44.0 Å². The van der Waals surface area contributed by atoms with E-state index in [1.807, 2.05) is 0 Å². The molecule has 0 unspecified atom stereocenters. The quantitative estimate of drug-likeness (QED) is 0.894. The highest BCUT2D eigenvalue weighted by Crippen LogP contribution is 2.40. The fourth-order valence-corrected chi connectivity index (χ4v) is 2.40. The van der Waals surface area contributed by atoms with E-state index >= 15 is 0 Å². The lowest BCUT2D eigenvalue weighted by Gasteiger charge is -2.07. The molecule has 0 aliphatic heterocycles. The summed E-state index contributed by atoms with van der Waals surface area (Å²) in [5.41, 5.74) is 3.71. The average Bonchev–Trinajstić information content (AvgIpc) is 3.13. The number of hydrogen-bond acceptors (Lipinski definition) is 2. The van der Waals surface area contributed by atoms with E-state index in [1.165, 1.54) is 29.7 Å². The Kier molecular flexibility index (Phi) is 2.86. The van der Waals surface area contributed by atoms with Gasteiger partial charge < -0.3 is 9.88 Å². The van der Waals surface area contributed by atoms with Gasteiger partial charge in [0, 0.05) is 25.6 Å². The van der Waals surface area contributed by atoms with E-state index in [4.69, 9.17) is 4.98 Å². The third-order valence-electron chi connectivity index (χ3n) is 3.64. The van der Waals surface area contributed by atoms with E-state index < -0.39 is 0 Å². The number of nitrogens with one attached hydrogen (secondary N) is 1. The SMILES string of the molecule is CC(C)NCc1ccc2c(c1)nc(C1CC1)n2C. The van der Waals surface area contributed by atoms with Crippen LogP contribution in [0.4, 0.5) is 0 Å². The number of benzene rings is 1. The fraction of sp³-hybridized carbons (Fsp3) is 0.533. The summed E-state index contributed by atoms with van der Waals surface area (Å²) in [4.78, 5) is 4.80. The van der Waals surface area contributed by atoms with Gasteiger partial charge in [0.05, 0.1) is 11.0 Å². The second-order valence-electron chi connectivity index (χ2n) is 5.66. The summed E-state index contributed by atoms with van der Waals surface area (Å²) in [5.74, 6) is 1.97. The molecular weight excluding hydrogens is 222 g/mol. The van der Waals surface area contributed by atoms with Gasteiger partial charge >= 0.3 is 0 Å². The van der Waals surface area contributed by atoms with Gasteiger partial charge in [-0.05, 0) is 30.5 Å². The highest BCUT2D eigenvalue weighted by molar-refractivity contribution is 5.77. The van der Waals surface area contributed by atoms with E-state index in [-0.39, 0.29) is 0 Å². The van der Waals surface area contributed by atoms with Crippen LogP contribution in [0.15, 0.2) is 18.2 Å². The molecule has 3 rings (SSSR count). The zero-order valence-electron chi connectivity index (χ0n) is 11.4. The number of imidazole rings is 1. The smallest absolute Gasteiger partial charge is 0.112 e. The lowest BCUT2D eigenvalue weighted by molar-refractivity contribution is 0.589. The number of aromatic nitrogens is 2. The molecule has 3 heteroatoms. The molecule has 1 heterocycles. The normalized spacial score (nSPS) is 15.8. The summed E-state index contributed by atoms with van der Waals surface area (Å²) in [6.45, 7) is 5.26. The predicted molar refractivity (Wildman–Crippen MR) is 74.7 cm³/mol. The van der Waals surface area contributed by atoms with Crippen LogP contribution in [-0.4, -0.2) is 15.6 Å². The molecule has 1 aromatic carbocycles. The van der Waals surface area contributed by atoms with Gasteiger partial charge in [-0.3, -0.25) is 0 Å². The van der Waals surface area contributed by atoms with Crippen molar-refractivity contribution in [3.63, 3.8) is 0 Å². The minimum Gasteiger partial charge on any atom is -0.331 e. The number of hydrogen-bond donors (Lipinski definition) is 1. The summed E-state index contributed by atoms with van der Waals surface area (Å²) in [6, 6.07) is 7.14. The average molecular weight is 243 g/mol. The topological polar surface area (TPSA) is 29.9 Å². The molecule has 0 saturated heterocycles. The Balaban J connectivity index is 1.91. The van der Waals surface area contributed by atoms with Crippen molar-refractivity contribution < 1.29 is 0 Å². The number of fused-ring (bicyclic) bond motifs is 1. The first kappa shape index (κ1) is 11.7. The van der Waals surface area contributed by atoms with Crippen molar-refractivity contribution in [3.05, 3.63) is 29.6 Å². The lowest BCUT2D eigenvalue weighted by Crippen LogP contribution is -2.21. The number of rotatable bonds is 4. The van der Waals surface area contributed by atoms with Crippen LogP contribution in [0.5, 0.6) is 0 Å². The van der Waals surface area contributed by atoms with Crippen LogP contribution in [-0.2, 0) is 13.6 Å². The van der Waals surface area contributed by atoms with Crippen molar-refractivity contribution in [3.8, 4) is 0 Å². The molecular formula is C15H21N3. The first-order chi connectivity index (χ1) is 8.65. The Labute approximate surface area is 108 Å². The summed E-state index contributed by atoms with van der Waals surface area (Å²) in [7, 11) is 2.13. The Morgan fingerprint density at radius 1 is 1.39 bits per heavy atom. The maximum Gasteiger partial charge on any atom is 0.112 e. The first-order valence-corrected chi connectivity index (χ1v) is 6.84. The molecule has 0 spiro atoms. The predicted octanol–water partition coefficient (Wildman–Crippen LogP) is 2.95. The molecule has 18 heavy (non-hydrogen) atoms. The third kappa shape index (κ3) is 2.15. The maximum absolute atomic E-state index is 4.80. The van der Waals surface area contributed by atoms with Crippen molar-refractivity contribution in [1.29, 1.82) is 0 Å². The van der Waals surface area contributed by atoms with Gasteiger partial charge in [-0.15, -0.1) is 0 Å². The molecule has 0 radical (unpaired) electrons. The molecule has 1 fully saturated rings. The van der Waals surface area contributed by atoms with Crippen LogP contribution >= 0.6 is 0 Å². The van der Waals surface area contributed by atoms with Crippen molar-refractivity contribution >= 4 is 11.0 Å². The molecule has 3 nitrogen and oxygen atoms in total. The van der Waals surface area contributed by atoms with Gasteiger partial charge in [0.1, 0.15) is 5.82 Å². The van der Waals surface area contributed by atoms with Gasteiger partial charge in [-0.1, -0.05) is 19.9 Å². The molecule has 1 aromatic heterocycles. The molecule has 0 atom stereocenters.